The molecule has 0 unspecified atom stereocenters. The van der Waals surface area contributed by atoms with Gasteiger partial charge in [-0.3, -0.25) is 0 Å². The van der Waals surface area contributed by atoms with Crippen LogP contribution in [0.3, 0.4) is 0 Å². The molecule has 15 heavy (non-hydrogen) atoms. The van der Waals surface area contributed by atoms with Crippen LogP contribution in [0.2, 0.25) is 0 Å². The van der Waals surface area contributed by atoms with Crippen LogP contribution >= 0.6 is 0 Å². The summed E-state index contributed by atoms with van der Waals surface area (Å²) in [5.74, 6) is -0.407. The Kier molecular flexibility index (Phi) is 4.54. The van der Waals surface area contributed by atoms with Crippen molar-refractivity contribution < 1.29 is 9.63 Å². The van der Waals surface area contributed by atoms with E-state index in [2.05, 4.69) is 5.16 Å². The molecule has 1 aromatic rings. The molecule has 0 bridgehead atoms. The van der Waals surface area contributed by atoms with Gasteiger partial charge in [0.1, 0.15) is 0 Å². The van der Waals surface area contributed by atoms with Gasteiger partial charge in [-0.05, 0) is 25.0 Å². The Balaban J connectivity index is 2.61. The molecule has 0 radical (unpaired) electrons. The van der Waals surface area contributed by atoms with Crippen molar-refractivity contribution in [2.45, 2.75) is 26.7 Å². The topological polar surface area (TPSA) is 38.7 Å². The molecule has 0 atom stereocenters. The molecule has 0 aliphatic rings. The molecule has 0 saturated carbocycles. The number of oxime groups is 1. The molecule has 0 N–H and O–H groups in total. The predicted molar refractivity (Wildman–Crippen MR) is 59.9 cm³/mol. The van der Waals surface area contributed by atoms with Crippen LogP contribution in [0.4, 0.5) is 0 Å². The second-order valence-corrected chi connectivity index (χ2v) is 3.11. The lowest BCUT2D eigenvalue weighted by Crippen LogP contribution is -2.03. The average molecular weight is 205 g/mol. The third kappa shape index (κ3) is 3.54. The van der Waals surface area contributed by atoms with E-state index < -0.39 is 5.97 Å². The normalized spacial score (nSPS) is 9.47. The van der Waals surface area contributed by atoms with Crippen LogP contribution in [-0.4, -0.2) is 11.7 Å². The third-order valence-electron chi connectivity index (χ3n) is 2.08. The van der Waals surface area contributed by atoms with Crippen LogP contribution in [0.5, 0.6) is 0 Å². The van der Waals surface area contributed by atoms with E-state index in [9.17, 15) is 4.79 Å². The monoisotopic (exact) mass is 205 g/mol. The Morgan fingerprint density at radius 2 is 1.80 bits per heavy atom. The fourth-order valence-electron chi connectivity index (χ4n) is 1.11. The zero-order valence-electron chi connectivity index (χ0n) is 9.06. The molecule has 1 aromatic carbocycles. The lowest BCUT2D eigenvalue weighted by Gasteiger charge is -2.00. The van der Waals surface area contributed by atoms with Gasteiger partial charge in [0.25, 0.3) is 0 Å². The summed E-state index contributed by atoms with van der Waals surface area (Å²) in [5.41, 5.74) is 1.41. The van der Waals surface area contributed by atoms with Gasteiger partial charge in [-0.2, -0.15) is 0 Å². The van der Waals surface area contributed by atoms with Crippen molar-refractivity contribution in [1.29, 1.82) is 0 Å². The summed E-state index contributed by atoms with van der Waals surface area (Å²) in [5, 5.41) is 3.80. The lowest BCUT2D eigenvalue weighted by atomic mass is 10.2. The maximum atomic E-state index is 11.5. The lowest BCUT2D eigenvalue weighted by molar-refractivity contribution is 0.0514. The van der Waals surface area contributed by atoms with Crippen LogP contribution in [-0.2, 0) is 4.84 Å². The molecular formula is C12H15NO2. The Bertz CT molecular complexity index is 338. The molecule has 0 aliphatic carbocycles. The molecule has 3 nitrogen and oxygen atoms in total. The molecule has 0 amide bonds. The fraction of sp³-hybridized carbons (Fsp3) is 0.333. The number of benzene rings is 1. The summed E-state index contributed by atoms with van der Waals surface area (Å²) in [6.45, 7) is 3.97. The first-order valence-electron chi connectivity index (χ1n) is 5.10. The van der Waals surface area contributed by atoms with Crippen LogP contribution in [0.1, 0.15) is 37.0 Å². The molecule has 3 heteroatoms. The van der Waals surface area contributed by atoms with Crippen molar-refractivity contribution in [3.05, 3.63) is 35.9 Å². The van der Waals surface area contributed by atoms with Crippen molar-refractivity contribution in [3.8, 4) is 0 Å². The van der Waals surface area contributed by atoms with Gasteiger partial charge in [-0.1, -0.05) is 37.2 Å². The van der Waals surface area contributed by atoms with Crippen LogP contribution in [0, 0.1) is 0 Å². The third-order valence-corrected chi connectivity index (χ3v) is 2.08. The molecule has 0 aromatic heterocycles. The number of hydrogen-bond donors (Lipinski definition) is 0. The van der Waals surface area contributed by atoms with E-state index in [-0.39, 0.29) is 0 Å². The highest BCUT2D eigenvalue weighted by atomic mass is 16.7. The van der Waals surface area contributed by atoms with E-state index in [0.29, 0.717) is 5.56 Å². The first-order chi connectivity index (χ1) is 7.27. The minimum atomic E-state index is -0.407. The van der Waals surface area contributed by atoms with Crippen molar-refractivity contribution in [3.63, 3.8) is 0 Å². The first kappa shape index (κ1) is 11.4. The van der Waals surface area contributed by atoms with Crippen molar-refractivity contribution in [2.75, 3.05) is 0 Å². The Morgan fingerprint density at radius 3 is 2.33 bits per heavy atom. The van der Waals surface area contributed by atoms with E-state index in [0.717, 1.165) is 18.6 Å². The molecule has 80 valence electrons. The van der Waals surface area contributed by atoms with Gasteiger partial charge < -0.3 is 4.84 Å². The highest BCUT2D eigenvalue weighted by molar-refractivity contribution is 5.90. The van der Waals surface area contributed by atoms with Gasteiger partial charge >= 0.3 is 5.97 Å². The summed E-state index contributed by atoms with van der Waals surface area (Å²) in [4.78, 5) is 16.3. The zero-order valence-corrected chi connectivity index (χ0v) is 9.06. The molecule has 0 aliphatic heterocycles. The van der Waals surface area contributed by atoms with Crippen molar-refractivity contribution >= 4 is 11.7 Å². The van der Waals surface area contributed by atoms with Crippen LogP contribution < -0.4 is 0 Å². The van der Waals surface area contributed by atoms with Gasteiger partial charge in [0.05, 0.1) is 11.3 Å². The summed E-state index contributed by atoms with van der Waals surface area (Å²) in [6.07, 6.45) is 1.61. The van der Waals surface area contributed by atoms with Gasteiger partial charge in [0, 0.05) is 0 Å². The molecule has 0 saturated heterocycles. The minimum absolute atomic E-state index is 0.407. The highest BCUT2D eigenvalue weighted by Crippen LogP contribution is 2.02. The second-order valence-electron chi connectivity index (χ2n) is 3.11. The summed E-state index contributed by atoms with van der Waals surface area (Å²) in [7, 11) is 0. The molecule has 0 heterocycles. The van der Waals surface area contributed by atoms with Gasteiger partial charge in [0.15, 0.2) is 0 Å². The largest absolute Gasteiger partial charge is 0.365 e. The SMILES string of the molecule is CCC(CC)=NOC(=O)c1ccccc1. The number of carbonyl (C=O) groups is 1. The smallest absolute Gasteiger partial charge is 0.313 e. The van der Waals surface area contributed by atoms with E-state index in [1.54, 1.807) is 24.3 Å². The maximum Gasteiger partial charge on any atom is 0.365 e. The van der Waals surface area contributed by atoms with E-state index in [1.807, 2.05) is 19.9 Å². The second kappa shape index (κ2) is 5.96. The Hall–Kier alpha value is -1.64. The van der Waals surface area contributed by atoms with Crippen LogP contribution in [0.15, 0.2) is 35.5 Å². The number of hydrogen-bond acceptors (Lipinski definition) is 3. The van der Waals surface area contributed by atoms with E-state index in [4.69, 9.17) is 4.84 Å². The van der Waals surface area contributed by atoms with Gasteiger partial charge in [-0.25, -0.2) is 4.79 Å². The molecule has 0 spiro atoms. The summed E-state index contributed by atoms with van der Waals surface area (Å²) in [6, 6.07) is 8.84. The minimum Gasteiger partial charge on any atom is -0.313 e. The molecule has 0 fully saturated rings. The zero-order chi connectivity index (χ0) is 11.1. The summed E-state index contributed by atoms with van der Waals surface area (Å²) >= 11 is 0. The Morgan fingerprint density at radius 1 is 1.20 bits per heavy atom. The Labute approximate surface area is 89.7 Å². The quantitative estimate of drug-likeness (QED) is 0.430. The summed E-state index contributed by atoms with van der Waals surface area (Å²) < 4.78 is 0. The fourth-order valence-corrected chi connectivity index (χ4v) is 1.11. The van der Waals surface area contributed by atoms with Crippen molar-refractivity contribution in [1.82, 2.24) is 0 Å². The number of carbonyl (C=O) groups excluding carboxylic acids is 1. The first-order valence-corrected chi connectivity index (χ1v) is 5.10. The highest BCUT2D eigenvalue weighted by Gasteiger charge is 2.05. The standard InChI is InChI=1S/C12H15NO2/c1-3-11(4-2)13-15-12(14)10-8-6-5-7-9-10/h5-9H,3-4H2,1-2H3. The van der Waals surface area contributed by atoms with Gasteiger partial charge in [0.2, 0.25) is 0 Å². The maximum absolute atomic E-state index is 11.5. The molecule has 1 rings (SSSR count). The van der Waals surface area contributed by atoms with Crippen molar-refractivity contribution in [2.24, 2.45) is 5.16 Å². The predicted octanol–water partition coefficient (Wildman–Crippen LogP) is 3.02. The molecular weight excluding hydrogens is 190 g/mol. The number of rotatable bonds is 4. The van der Waals surface area contributed by atoms with E-state index >= 15 is 0 Å². The average Bonchev–Trinajstić information content (AvgIpc) is 2.31. The number of nitrogens with zero attached hydrogens (tertiary/aromatic N) is 1. The van der Waals surface area contributed by atoms with Crippen LogP contribution in [0.25, 0.3) is 0 Å². The van der Waals surface area contributed by atoms with E-state index in [1.165, 1.54) is 0 Å². The van der Waals surface area contributed by atoms with Gasteiger partial charge in [-0.15, -0.1) is 0 Å².